The molecule has 15 heavy (non-hydrogen) atoms. The maximum Gasteiger partial charge on any atom is 0.164 e. The van der Waals surface area contributed by atoms with Gasteiger partial charge in [-0.25, -0.2) is 8.78 Å². The monoisotopic (exact) mass is 216 g/mol. The first-order chi connectivity index (χ1) is 7.11. The van der Waals surface area contributed by atoms with E-state index in [-0.39, 0.29) is 24.3 Å². The maximum atomic E-state index is 13.5. The second-order valence-electron chi connectivity index (χ2n) is 3.46. The molecule has 0 saturated heterocycles. The third-order valence-corrected chi connectivity index (χ3v) is 2.30. The van der Waals surface area contributed by atoms with Crippen molar-refractivity contribution in [3.63, 3.8) is 0 Å². The third-order valence-electron chi connectivity index (χ3n) is 2.30. The van der Waals surface area contributed by atoms with Crippen LogP contribution < -0.4 is 0 Å². The average molecular weight is 216 g/mol. The molecular formula is C11H14F2O2. The standard InChI is InChI=1S/C11H14F2O2/c1-7(5-14)9-4-3-8(6-15-2)10(12)11(9)13/h3-4,7,14H,5-6H2,1-2H3. The van der Waals surface area contributed by atoms with Gasteiger partial charge in [0, 0.05) is 25.2 Å². The van der Waals surface area contributed by atoms with Gasteiger partial charge in [0.1, 0.15) is 0 Å². The number of hydrogen-bond acceptors (Lipinski definition) is 2. The molecule has 0 amide bonds. The van der Waals surface area contributed by atoms with E-state index in [4.69, 9.17) is 9.84 Å². The number of aliphatic hydroxyl groups excluding tert-OH is 1. The van der Waals surface area contributed by atoms with E-state index in [0.717, 1.165) is 0 Å². The summed E-state index contributed by atoms with van der Waals surface area (Å²) in [7, 11) is 1.42. The molecule has 2 nitrogen and oxygen atoms in total. The first kappa shape index (κ1) is 12.1. The minimum Gasteiger partial charge on any atom is -0.396 e. The smallest absolute Gasteiger partial charge is 0.164 e. The van der Waals surface area contributed by atoms with Crippen molar-refractivity contribution in [2.45, 2.75) is 19.4 Å². The molecule has 0 heterocycles. The Morgan fingerprint density at radius 3 is 2.53 bits per heavy atom. The van der Waals surface area contributed by atoms with Crippen LogP contribution in [-0.4, -0.2) is 18.8 Å². The van der Waals surface area contributed by atoms with Crippen LogP contribution >= 0.6 is 0 Å². The second-order valence-corrected chi connectivity index (χ2v) is 3.46. The Kier molecular flexibility index (Phi) is 4.17. The molecule has 4 heteroatoms. The molecule has 1 aromatic rings. The molecule has 1 N–H and O–H groups in total. The highest BCUT2D eigenvalue weighted by atomic mass is 19.2. The highest BCUT2D eigenvalue weighted by molar-refractivity contribution is 5.28. The Bertz CT molecular complexity index is 340. The predicted octanol–water partition coefficient (Wildman–Crippen LogP) is 2.21. The summed E-state index contributed by atoms with van der Waals surface area (Å²) >= 11 is 0. The molecule has 1 rings (SSSR count). The van der Waals surface area contributed by atoms with Crippen molar-refractivity contribution in [2.24, 2.45) is 0 Å². The van der Waals surface area contributed by atoms with Crippen molar-refractivity contribution < 1.29 is 18.6 Å². The molecule has 0 aromatic heterocycles. The topological polar surface area (TPSA) is 29.5 Å². The fraction of sp³-hybridized carbons (Fsp3) is 0.455. The van der Waals surface area contributed by atoms with Crippen molar-refractivity contribution >= 4 is 0 Å². The van der Waals surface area contributed by atoms with Crippen molar-refractivity contribution in [1.29, 1.82) is 0 Å². The van der Waals surface area contributed by atoms with Gasteiger partial charge in [-0.1, -0.05) is 19.1 Å². The van der Waals surface area contributed by atoms with E-state index >= 15 is 0 Å². The van der Waals surface area contributed by atoms with Gasteiger partial charge in [0.05, 0.1) is 6.61 Å². The molecule has 1 atom stereocenters. The largest absolute Gasteiger partial charge is 0.396 e. The molecule has 0 saturated carbocycles. The van der Waals surface area contributed by atoms with Crippen LogP contribution in [0.1, 0.15) is 24.0 Å². The minimum absolute atomic E-state index is 0.0382. The van der Waals surface area contributed by atoms with Crippen molar-refractivity contribution in [2.75, 3.05) is 13.7 Å². The maximum absolute atomic E-state index is 13.5. The van der Waals surface area contributed by atoms with Gasteiger partial charge < -0.3 is 9.84 Å². The predicted molar refractivity (Wildman–Crippen MR) is 52.6 cm³/mol. The summed E-state index contributed by atoms with van der Waals surface area (Å²) < 4.78 is 31.6. The third kappa shape index (κ3) is 2.52. The van der Waals surface area contributed by atoms with E-state index in [1.165, 1.54) is 19.2 Å². The van der Waals surface area contributed by atoms with Gasteiger partial charge in [-0.15, -0.1) is 0 Å². The summed E-state index contributed by atoms with van der Waals surface area (Å²) in [6.45, 7) is 1.46. The molecule has 0 radical (unpaired) electrons. The lowest BCUT2D eigenvalue weighted by molar-refractivity contribution is 0.180. The van der Waals surface area contributed by atoms with Crippen molar-refractivity contribution in [3.05, 3.63) is 34.9 Å². The van der Waals surface area contributed by atoms with Crippen LogP contribution in [0.25, 0.3) is 0 Å². The molecule has 1 aromatic carbocycles. The van der Waals surface area contributed by atoms with E-state index in [1.54, 1.807) is 6.92 Å². The molecule has 0 spiro atoms. The quantitative estimate of drug-likeness (QED) is 0.836. The molecule has 1 unspecified atom stereocenters. The number of aliphatic hydroxyl groups is 1. The van der Waals surface area contributed by atoms with Gasteiger partial charge in [-0.2, -0.15) is 0 Å². The zero-order valence-corrected chi connectivity index (χ0v) is 8.76. The minimum atomic E-state index is -0.897. The number of ether oxygens (including phenoxy) is 1. The number of hydrogen-bond donors (Lipinski definition) is 1. The SMILES string of the molecule is COCc1ccc(C(C)CO)c(F)c1F. The van der Waals surface area contributed by atoms with Crippen LogP contribution in [0.15, 0.2) is 12.1 Å². The Morgan fingerprint density at radius 1 is 1.33 bits per heavy atom. The second kappa shape index (κ2) is 5.19. The van der Waals surface area contributed by atoms with Crippen LogP contribution in [-0.2, 0) is 11.3 Å². The van der Waals surface area contributed by atoms with E-state index in [9.17, 15) is 8.78 Å². The summed E-state index contributed by atoms with van der Waals surface area (Å²) in [4.78, 5) is 0. The van der Waals surface area contributed by atoms with Gasteiger partial charge in [0.15, 0.2) is 11.6 Å². The molecule has 0 fully saturated rings. The van der Waals surface area contributed by atoms with Crippen molar-refractivity contribution in [3.8, 4) is 0 Å². The van der Waals surface area contributed by atoms with E-state index in [2.05, 4.69) is 0 Å². The normalized spacial score (nSPS) is 12.9. The lowest BCUT2D eigenvalue weighted by Crippen LogP contribution is -2.06. The zero-order chi connectivity index (χ0) is 11.4. The van der Waals surface area contributed by atoms with Gasteiger partial charge in [0.2, 0.25) is 0 Å². The number of halogens is 2. The first-order valence-electron chi connectivity index (χ1n) is 4.68. The van der Waals surface area contributed by atoms with Crippen LogP contribution in [0.2, 0.25) is 0 Å². The molecule has 0 aliphatic rings. The highest BCUT2D eigenvalue weighted by Gasteiger charge is 2.16. The van der Waals surface area contributed by atoms with E-state index in [0.29, 0.717) is 0 Å². The summed E-state index contributed by atoms with van der Waals surface area (Å²) in [5.74, 6) is -2.20. The fourth-order valence-electron chi connectivity index (χ4n) is 1.35. The van der Waals surface area contributed by atoms with Crippen LogP contribution in [0, 0.1) is 11.6 Å². The zero-order valence-electron chi connectivity index (χ0n) is 8.76. The average Bonchev–Trinajstić information content (AvgIpc) is 2.24. The number of rotatable bonds is 4. The van der Waals surface area contributed by atoms with E-state index in [1.807, 2.05) is 0 Å². The van der Waals surface area contributed by atoms with Crippen LogP contribution in [0.5, 0.6) is 0 Å². The lowest BCUT2D eigenvalue weighted by Gasteiger charge is -2.12. The highest BCUT2D eigenvalue weighted by Crippen LogP contribution is 2.23. The molecule has 0 aliphatic carbocycles. The van der Waals surface area contributed by atoms with Crippen LogP contribution in [0.3, 0.4) is 0 Å². The lowest BCUT2D eigenvalue weighted by atomic mass is 9.99. The molecule has 0 bridgehead atoms. The van der Waals surface area contributed by atoms with Crippen molar-refractivity contribution in [1.82, 2.24) is 0 Å². The number of benzene rings is 1. The van der Waals surface area contributed by atoms with Gasteiger partial charge in [-0.3, -0.25) is 0 Å². The Labute approximate surface area is 87.5 Å². The Balaban J connectivity index is 3.09. The summed E-state index contributed by atoms with van der Waals surface area (Å²) in [6, 6.07) is 2.96. The first-order valence-corrected chi connectivity index (χ1v) is 4.68. The number of methoxy groups -OCH3 is 1. The summed E-state index contributed by atoms with van der Waals surface area (Å²) in [5.41, 5.74) is 0.374. The Morgan fingerprint density at radius 2 is 2.00 bits per heavy atom. The van der Waals surface area contributed by atoms with Gasteiger partial charge in [0.25, 0.3) is 0 Å². The molecular weight excluding hydrogens is 202 g/mol. The molecule has 0 aliphatic heterocycles. The Hall–Kier alpha value is -1.00. The summed E-state index contributed by atoms with van der Waals surface area (Å²) in [5, 5.41) is 8.86. The van der Waals surface area contributed by atoms with Crippen LogP contribution in [0.4, 0.5) is 8.78 Å². The molecule has 84 valence electrons. The van der Waals surface area contributed by atoms with Gasteiger partial charge in [-0.05, 0) is 5.56 Å². The fourth-order valence-corrected chi connectivity index (χ4v) is 1.35. The van der Waals surface area contributed by atoms with E-state index < -0.39 is 17.6 Å². The van der Waals surface area contributed by atoms with Gasteiger partial charge >= 0.3 is 0 Å². The summed E-state index contributed by atoms with van der Waals surface area (Å²) in [6.07, 6.45) is 0.